The molecule has 26 heavy (non-hydrogen) atoms. The van der Waals surface area contributed by atoms with Gasteiger partial charge in [-0.2, -0.15) is 4.98 Å². The van der Waals surface area contributed by atoms with Crippen LogP contribution >= 0.6 is 0 Å². The lowest BCUT2D eigenvalue weighted by Crippen LogP contribution is -2.51. The van der Waals surface area contributed by atoms with Crippen LogP contribution in [0.1, 0.15) is 30.5 Å². The Bertz CT molecular complexity index is 678. The Hall–Kier alpha value is -1.89. The molecule has 3 rings (SSSR count). The molecule has 1 amide bonds. The number of rotatable bonds is 5. The highest BCUT2D eigenvalue weighted by molar-refractivity contribution is 5.85. The zero-order chi connectivity index (χ0) is 18.9. The molecule has 1 atom stereocenters. The van der Waals surface area contributed by atoms with E-state index in [1.807, 2.05) is 30.8 Å². The quantitative estimate of drug-likeness (QED) is 0.794. The summed E-state index contributed by atoms with van der Waals surface area (Å²) in [6, 6.07) is 0. The van der Waals surface area contributed by atoms with Crippen molar-refractivity contribution in [2.75, 3.05) is 63.8 Å². The van der Waals surface area contributed by atoms with Gasteiger partial charge in [0.2, 0.25) is 11.9 Å². The number of carbonyl (C=O) groups is 1. The first-order valence-electron chi connectivity index (χ1n) is 9.44. The fourth-order valence-corrected chi connectivity index (χ4v) is 4.11. The number of piperidine rings is 1. The average molecular weight is 361 g/mol. The SMILES string of the molecule is COCCN1CCCC2(CCN(c3nc(N(C)C)nc(C)c3C)C2)C1=O. The molecule has 0 aliphatic carbocycles. The standard InChI is InChI=1S/C19H31N5O2/c1-14-15(2)20-18(22(3)4)21-16(14)24-10-8-19(13-24)7-6-9-23(17(19)25)11-12-26-5/h6-13H2,1-5H3. The molecule has 1 aromatic rings. The second-order valence-corrected chi connectivity index (χ2v) is 7.79. The Morgan fingerprint density at radius 1 is 1.19 bits per heavy atom. The van der Waals surface area contributed by atoms with Gasteiger partial charge in [0.25, 0.3) is 0 Å². The van der Waals surface area contributed by atoms with Crippen LogP contribution in [0.4, 0.5) is 11.8 Å². The molecule has 7 nitrogen and oxygen atoms in total. The van der Waals surface area contributed by atoms with E-state index < -0.39 is 0 Å². The number of aromatic nitrogens is 2. The number of likely N-dealkylation sites (tertiary alicyclic amines) is 1. The highest BCUT2D eigenvalue weighted by Gasteiger charge is 2.48. The predicted molar refractivity (Wildman–Crippen MR) is 103 cm³/mol. The number of anilines is 2. The van der Waals surface area contributed by atoms with Crippen molar-refractivity contribution in [3.05, 3.63) is 11.3 Å². The van der Waals surface area contributed by atoms with E-state index in [1.54, 1.807) is 7.11 Å². The van der Waals surface area contributed by atoms with Crippen molar-refractivity contribution < 1.29 is 9.53 Å². The van der Waals surface area contributed by atoms with Crippen LogP contribution in [0.3, 0.4) is 0 Å². The second kappa shape index (κ2) is 7.39. The summed E-state index contributed by atoms with van der Waals surface area (Å²) in [6.45, 7) is 7.85. The number of hydrogen-bond donors (Lipinski definition) is 0. The van der Waals surface area contributed by atoms with Crippen molar-refractivity contribution in [1.82, 2.24) is 14.9 Å². The summed E-state index contributed by atoms with van der Waals surface area (Å²) in [6.07, 6.45) is 2.93. The number of aryl methyl sites for hydroxylation is 1. The van der Waals surface area contributed by atoms with E-state index in [0.717, 1.165) is 61.9 Å². The van der Waals surface area contributed by atoms with E-state index in [4.69, 9.17) is 9.72 Å². The molecule has 2 aliphatic rings. The van der Waals surface area contributed by atoms with Crippen LogP contribution in [-0.4, -0.2) is 74.8 Å². The third-order valence-corrected chi connectivity index (χ3v) is 5.79. The molecular formula is C19H31N5O2. The number of nitrogens with zero attached hydrogens (tertiary/aromatic N) is 5. The van der Waals surface area contributed by atoms with Crippen molar-refractivity contribution >= 4 is 17.7 Å². The summed E-state index contributed by atoms with van der Waals surface area (Å²) in [5.41, 5.74) is 1.83. The van der Waals surface area contributed by atoms with Crippen molar-refractivity contribution in [2.24, 2.45) is 5.41 Å². The van der Waals surface area contributed by atoms with Crippen LogP contribution in [0, 0.1) is 19.3 Å². The van der Waals surface area contributed by atoms with Gasteiger partial charge in [-0.1, -0.05) is 0 Å². The molecule has 1 unspecified atom stereocenters. The lowest BCUT2D eigenvalue weighted by molar-refractivity contribution is -0.145. The fourth-order valence-electron chi connectivity index (χ4n) is 4.11. The summed E-state index contributed by atoms with van der Waals surface area (Å²) < 4.78 is 5.17. The van der Waals surface area contributed by atoms with Crippen molar-refractivity contribution in [3.63, 3.8) is 0 Å². The van der Waals surface area contributed by atoms with Gasteiger partial charge in [-0.25, -0.2) is 4.98 Å². The first kappa shape index (κ1) is 18.9. The van der Waals surface area contributed by atoms with Gasteiger partial charge in [-0.3, -0.25) is 4.79 Å². The zero-order valence-electron chi connectivity index (χ0n) is 16.7. The minimum absolute atomic E-state index is 0.268. The monoisotopic (exact) mass is 361 g/mol. The lowest BCUT2D eigenvalue weighted by atomic mass is 9.78. The normalized spacial score (nSPS) is 23.2. The minimum Gasteiger partial charge on any atom is -0.383 e. The van der Waals surface area contributed by atoms with Gasteiger partial charge in [-0.15, -0.1) is 0 Å². The summed E-state index contributed by atoms with van der Waals surface area (Å²) in [5, 5.41) is 0. The number of ether oxygens (including phenoxy) is 1. The van der Waals surface area contributed by atoms with Crippen LogP contribution in [0.15, 0.2) is 0 Å². The summed E-state index contributed by atoms with van der Waals surface area (Å²) in [7, 11) is 5.60. The average Bonchev–Trinajstić information content (AvgIpc) is 3.03. The molecular weight excluding hydrogens is 330 g/mol. The summed E-state index contributed by atoms with van der Waals surface area (Å²) in [4.78, 5) is 28.7. The predicted octanol–water partition coefficient (Wildman–Crippen LogP) is 1.62. The molecule has 0 N–H and O–H groups in total. The Balaban J connectivity index is 1.83. The molecule has 2 fully saturated rings. The number of amides is 1. The first-order chi connectivity index (χ1) is 12.4. The molecule has 0 aromatic carbocycles. The van der Waals surface area contributed by atoms with Crippen molar-refractivity contribution in [3.8, 4) is 0 Å². The van der Waals surface area contributed by atoms with Gasteiger partial charge in [-0.05, 0) is 33.1 Å². The summed E-state index contributed by atoms with van der Waals surface area (Å²) >= 11 is 0. The maximum absolute atomic E-state index is 13.2. The fraction of sp³-hybridized carbons (Fsp3) is 0.737. The zero-order valence-corrected chi connectivity index (χ0v) is 16.7. The van der Waals surface area contributed by atoms with Gasteiger partial charge in [0.1, 0.15) is 5.82 Å². The molecule has 2 saturated heterocycles. The molecule has 1 spiro atoms. The van der Waals surface area contributed by atoms with Gasteiger partial charge < -0.3 is 19.4 Å². The molecule has 0 saturated carbocycles. The minimum atomic E-state index is -0.268. The van der Waals surface area contributed by atoms with Gasteiger partial charge in [0.05, 0.1) is 12.0 Å². The molecule has 3 heterocycles. The largest absolute Gasteiger partial charge is 0.383 e. The molecule has 7 heteroatoms. The topological polar surface area (TPSA) is 61.8 Å². The van der Waals surface area contributed by atoms with Crippen molar-refractivity contribution in [2.45, 2.75) is 33.1 Å². The van der Waals surface area contributed by atoms with Crippen LogP contribution < -0.4 is 9.80 Å². The van der Waals surface area contributed by atoms with Crippen LogP contribution in [-0.2, 0) is 9.53 Å². The Labute approximate surface area is 156 Å². The summed E-state index contributed by atoms with van der Waals surface area (Å²) in [5.74, 6) is 1.99. The van der Waals surface area contributed by atoms with E-state index in [0.29, 0.717) is 19.1 Å². The molecule has 144 valence electrons. The van der Waals surface area contributed by atoms with Crippen LogP contribution in [0.25, 0.3) is 0 Å². The Kier molecular flexibility index (Phi) is 5.37. The van der Waals surface area contributed by atoms with Gasteiger partial charge >= 0.3 is 0 Å². The van der Waals surface area contributed by atoms with E-state index in [9.17, 15) is 4.79 Å². The maximum Gasteiger partial charge on any atom is 0.230 e. The van der Waals surface area contributed by atoms with Crippen molar-refractivity contribution in [1.29, 1.82) is 0 Å². The van der Waals surface area contributed by atoms with Crippen LogP contribution in [0.2, 0.25) is 0 Å². The third-order valence-electron chi connectivity index (χ3n) is 5.79. The smallest absolute Gasteiger partial charge is 0.230 e. The highest BCUT2D eigenvalue weighted by Crippen LogP contribution is 2.42. The Morgan fingerprint density at radius 2 is 1.96 bits per heavy atom. The van der Waals surface area contributed by atoms with E-state index >= 15 is 0 Å². The lowest BCUT2D eigenvalue weighted by Gasteiger charge is -2.39. The molecule has 0 bridgehead atoms. The molecule has 1 aromatic heterocycles. The van der Waals surface area contributed by atoms with Gasteiger partial charge in [0.15, 0.2) is 0 Å². The van der Waals surface area contributed by atoms with E-state index in [2.05, 4.69) is 16.8 Å². The van der Waals surface area contributed by atoms with Crippen LogP contribution in [0.5, 0.6) is 0 Å². The number of methoxy groups -OCH3 is 1. The number of carbonyl (C=O) groups excluding carboxylic acids is 1. The molecule has 2 aliphatic heterocycles. The Morgan fingerprint density at radius 3 is 2.65 bits per heavy atom. The highest BCUT2D eigenvalue weighted by atomic mass is 16.5. The second-order valence-electron chi connectivity index (χ2n) is 7.79. The first-order valence-corrected chi connectivity index (χ1v) is 9.44. The number of hydrogen-bond acceptors (Lipinski definition) is 6. The molecule has 0 radical (unpaired) electrons. The maximum atomic E-state index is 13.2. The van der Waals surface area contributed by atoms with Gasteiger partial charge in [0, 0.05) is 58.6 Å². The van der Waals surface area contributed by atoms with E-state index in [1.165, 1.54) is 0 Å². The van der Waals surface area contributed by atoms with E-state index in [-0.39, 0.29) is 5.41 Å². The third kappa shape index (κ3) is 3.37.